The number of nitrogens with zero attached hydrogens (tertiary/aromatic N) is 7. The molecule has 4 heterocycles. The van der Waals surface area contributed by atoms with Crippen LogP contribution in [0.3, 0.4) is 0 Å². The first-order valence-electron chi connectivity index (χ1n) is 10.8. The van der Waals surface area contributed by atoms with Crippen molar-refractivity contribution in [3.63, 3.8) is 0 Å². The zero-order valence-electron chi connectivity index (χ0n) is 19.9. The first kappa shape index (κ1) is 28.0. The minimum Gasteiger partial charge on any atom is -0.477 e. The summed E-state index contributed by atoms with van der Waals surface area (Å²) in [5.41, 5.74) is 0.127. The number of anilines is 1. The molecule has 4 rings (SSSR count). The van der Waals surface area contributed by atoms with Crippen LogP contribution in [0.2, 0.25) is 0 Å². The highest BCUT2D eigenvalue weighted by atomic mass is 32.2. The number of ether oxygens (including phenoxy) is 1. The van der Waals surface area contributed by atoms with Crippen molar-refractivity contribution in [1.29, 1.82) is 0 Å². The van der Waals surface area contributed by atoms with Gasteiger partial charge in [-0.05, 0) is 16.0 Å². The molecule has 0 spiro atoms. The van der Waals surface area contributed by atoms with Crippen molar-refractivity contribution in [3.05, 3.63) is 22.3 Å². The molecule has 1 saturated heterocycles. The van der Waals surface area contributed by atoms with Crippen LogP contribution in [-0.2, 0) is 40.6 Å². The number of carboxylic acid groups (broad SMARTS) is 1. The standard InChI is InChI=1S/C19H19N9O8S3/c1-27-19(23-25-26-27)39-5-9-4-37-16-12(15(32)28(16)13(9)17(33)34)22-14(31)11(24-36-3-2-35-8-30)10-6-38-18(21-10)20-7-29/h6-8,12,16H,2-5H2,1H3,(H,22,31)(H,33,34)(H,20,21,29)/b24-11+/t12?,16-/m1/s1. The molecule has 39 heavy (non-hydrogen) atoms. The number of carbonyl (C=O) groups excluding carboxylic acids is 4. The number of oxime groups is 1. The lowest BCUT2D eigenvalue weighted by Gasteiger charge is -2.49. The summed E-state index contributed by atoms with van der Waals surface area (Å²) in [6, 6.07) is -1.04. The molecule has 2 atom stereocenters. The van der Waals surface area contributed by atoms with Gasteiger partial charge in [-0.2, -0.15) is 0 Å². The third kappa shape index (κ3) is 6.17. The smallest absolute Gasteiger partial charge is 0.352 e. The van der Waals surface area contributed by atoms with Gasteiger partial charge in [0, 0.05) is 23.9 Å². The van der Waals surface area contributed by atoms with Gasteiger partial charge in [-0.1, -0.05) is 16.9 Å². The second-order valence-electron chi connectivity index (χ2n) is 7.53. The molecule has 0 aliphatic carbocycles. The minimum atomic E-state index is -1.27. The number of β-lactam (4-membered cyclic amide) rings is 1. The Morgan fingerprint density at radius 1 is 1.36 bits per heavy atom. The summed E-state index contributed by atoms with van der Waals surface area (Å²) in [7, 11) is 1.65. The molecule has 1 unspecified atom stereocenters. The van der Waals surface area contributed by atoms with Gasteiger partial charge in [-0.15, -0.1) is 28.2 Å². The maximum absolute atomic E-state index is 13.1. The molecule has 3 amide bonds. The van der Waals surface area contributed by atoms with Gasteiger partial charge in [0.15, 0.2) is 17.5 Å². The molecule has 17 nitrogen and oxygen atoms in total. The number of carboxylic acids is 1. The monoisotopic (exact) mass is 597 g/mol. The lowest BCUT2D eigenvalue weighted by Crippen LogP contribution is -2.71. The van der Waals surface area contributed by atoms with E-state index < -0.39 is 29.2 Å². The summed E-state index contributed by atoms with van der Waals surface area (Å²) in [5.74, 6) is -2.14. The molecule has 0 saturated carbocycles. The summed E-state index contributed by atoms with van der Waals surface area (Å²) >= 11 is 3.56. The van der Waals surface area contributed by atoms with Crippen molar-refractivity contribution >= 4 is 76.4 Å². The fourth-order valence-corrected chi connectivity index (χ4v) is 6.44. The van der Waals surface area contributed by atoms with E-state index in [0.717, 1.165) is 16.2 Å². The highest BCUT2D eigenvalue weighted by Gasteiger charge is 2.54. The van der Waals surface area contributed by atoms with Crippen LogP contribution >= 0.6 is 34.9 Å². The first-order valence-corrected chi connectivity index (χ1v) is 13.7. The highest BCUT2D eigenvalue weighted by Crippen LogP contribution is 2.41. The fraction of sp³-hybridized carbons (Fsp3) is 0.368. The molecule has 1 fully saturated rings. The molecular weight excluding hydrogens is 578 g/mol. The Morgan fingerprint density at radius 3 is 2.87 bits per heavy atom. The van der Waals surface area contributed by atoms with Gasteiger partial charge in [-0.3, -0.25) is 24.1 Å². The Bertz CT molecular complexity index is 1340. The molecule has 2 aromatic rings. The van der Waals surface area contributed by atoms with E-state index >= 15 is 0 Å². The third-order valence-corrected chi connectivity index (χ3v) is 8.36. The number of nitrogens with one attached hydrogen (secondary N) is 2. The van der Waals surface area contributed by atoms with Crippen molar-refractivity contribution in [2.75, 3.05) is 30.0 Å². The maximum Gasteiger partial charge on any atom is 0.352 e. The van der Waals surface area contributed by atoms with Gasteiger partial charge >= 0.3 is 5.97 Å². The fourth-order valence-electron chi connectivity index (χ4n) is 3.45. The molecular formula is C19H19N9O8S3. The predicted octanol–water partition coefficient (Wildman–Crippen LogP) is -1.34. The normalized spacial score (nSPS) is 18.6. The largest absolute Gasteiger partial charge is 0.477 e. The summed E-state index contributed by atoms with van der Waals surface area (Å²) in [5, 5.41) is 31.2. The summed E-state index contributed by atoms with van der Waals surface area (Å²) in [4.78, 5) is 69.5. The van der Waals surface area contributed by atoms with Crippen molar-refractivity contribution in [3.8, 4) is 0 Å². The van der Waals surface area contributed by atoms with E-state index in [1.165, 1.54) is 33.6 Å². The minimum absolute atomic E-state index is 0.0572. The van der Waals surface area contributed by atoms with E-state index in [1.54, 1.807) is 7.05 Å². The van der Waals surface area contributed by atoms with Gasteiger partial charge in [0.2, 0.25) is 11.6 Å². The molecule has 0 bridgehead atoms. The number of aromatic nitrogens is 5. The number of tetrazole rings is 1. The van der Waals surface area contributed by atoms with E-state index in [4.69, 9.17) is 4.84 Å². The Hall–Kier alpha value is -4.04. The summed E-state index contributed by atoms with van der Waals surface area (Å²) in [6.45, 7) is -0.0549. The van der Waals surface area contributed by atoms with Crippen molar-refractivity contribution in [2.45, 2.75) is 16.6 Å². The van der Waals surface area contributed by atoms with E-state index in [9.17, 15) is 29.1 Å². The topological polar surface area (TPSA) is 220 Å². The Kier molecular flexibility index (Phi) is 9.09. The second kappa shape index (κ2) is 12.7. The van der Waals surface area contributed by atoms with Gasteiger partial charge in [0.1, 0.15) is 29.4 Å². The summed E-state index contributed by atoms with van der Waals surface area (Å²) < 4.78 is 5.96. The molecule has 2 aliphatic rings. The number of hydrogen-bond donors (Lipinski definition) is 3. The maximum atomic E-state index is 13.1. The number of thioether (sulfide) groups is 2. The number of hydrogen-bond acceptors (Lipinski definition) is 15. The highest BCUT2D eigenvalue weighted by molar-refractivity contribution is 8.01. The summed E-state index contributed by atoms with van der Waals surface area (Å²) in [6.07, 6.45) is 0.416. The van der Waals surface area contributed by atoms with Crippen molar-refractivity contribution in [2.24, 2.45) is 12.2 Å². The first-order chi connectivity index (χ1) is 18.8. The second-order valence-corrected chi connectivity index (χ2v) is 10.4. The zero-order valence-corrected chi connectivity index (χ0v) is 22.3. The quantitative estimate of drug-likeness (QED) is 0.0573. The van der Waals surface area contributed by atoms with Crippen molar-refractivity contribution < 1.29 is 38.7 Å². The lowest BCUT2D eigenvalue weighted by atomic mass is 10.0. The lowest BCUT2D eigenvalue weighted by molar-refractivity contribution is -0.150. The molecule has 0 aromatic carbocycles. The number of thiazole rings is 1. The Morgan fingerprint density at radius 2 is 2.18 bits per heavy atom. The van der Waals surface area contributed by atoms with Crippen LogP contribution < -0.4 is 10.6 Å². The van der Waals surface area contributed by atoms with Crippen LogP contribution in [0.25, 0.3) is 0 Å². The van der Waals surface area contributed by atoms with E-state index in [1.807, 2.05) is 0 Å². The molecule has 20 heteroatoms. The van der Waals surface area contributed by atoms with E-state index in [2.05, 4.69) is 41.0 Å². The Labute approximate surface area is 231 Å². The van der Waals surface area contributed by atoms with Crippen LogP contribution in [0.5, 0.6) is 0 Å². The zero-order chi connectivity index (χ0) is 27.9. The van der Waals surface area contributed by atoms with E-state index in [-0.39, 0.29) is 47.7 Å². The number of fused-ring (bicyclic) bond motifs is 1. The van der Waals surface area contributed by atoms with Gasteiger partial charge in [0.25, 0.3) is 18.3 Å². The molecule has 3 N–H and O–H groups in total. The van der Waals surface area contributed by atoms with Gasteiger partial charge in [0.05, 0.1) is 0 Å². The molecule has 2 aliphatic heterocycles. The average Bonchev–Trinajstić information content (AvgIpc) is 3.56. The number of amides is 3. The Balaban J connectivity index is 1.48. The van der Waals surface area contributed by atoms with E-state index in [0.29, 0.717) is 22.9 Å². The SMILES string of the molecule is Cn1nnnc1SCC1=C(C(=O)O)N2C(=O)C(NC(=O)/C(=N/OCCOC=O)c3csc(NC=O)n3)[C@H]2SC1. The van der Waals surface area contributed by atoms with Crippen LogP contribution in [0.4, 0.5) is 5.13 Å². The number of aryl methyl sites for hydroxylation is 1. The van der Waals surface area contributed by atoms with Crippen LogP contribution in [0.1, 0.15) is 5.69 Å². The number of aliphatic carboxylic acids is 1. The predicted molar refractivity (Wildman–Crippen MR) is 136 cm³/mol. The van der Waals surface area contributed by atoms with Gasteiger partial charge in [-0.25, -0.2) is 14.5 Å². The molecule has 206 valence electrons. The van der Waals surface area contributed by atoms with Crippen molar-refractivity contribution in [1.82, 2.24) is 35.4 Å². The average molecular weight is 598 g/mol. The molecule has 2 aromatic heterocycles. The van der Waals surface area contributed by atoms with Crippen LogP contribution in [-0.4, -0.2) is 108 Å². The van der Waals surface area contributed by atoms with Crippen LogP contribution in [0.15, 0.2) is 27.0 Å². The van der Waals surface area contributed by atoms with Crippen LogP contribution in [0, 0.1) is 0 Å². The van der Waals surface area contributed by atoms with Gasteiger partial charge < -0.3 is 25.3 Å². The molecule has 0 radical (unpaired) electrons. The third-order valence-electron chi connectivity index (χ3n) is 5.15. The number of carbonyl (C=O) groups is 5. The number of rotatable bonds is 14.